The third-order valence-corrected chi connectivity index (χ3v) is 3.89. The molecule has 1 unspecified atom stereocenters. The maximum absolute atomic E-state index is 10.9. The lowest BCUT2D eigenvalue weighted by atomic mass is 9.93. The summed E-state index contributed by atoms with van der Waals surface area (Å²) in [7, 11) is 0. The molecule has 0 saturated heterocycles. The van der Waals surface area contributed by atoms with Crippen molar-refractivity contribution in [1.82, 2.24) is 10.3 Å². The first-order chi connectivity index (χ1) is 8.75. The summed E-state index contributed by atoms with van der Waals surface area (Å²) in [6.07, 6.45) is 6.10. The van der Waals surface area contributed by atoms with E-state index in [0.717, 1.165) is 44.6 Å². The predicted molar refractivity (Wildman–Crippen MR) is 67.8 cm³/mol. The fourth-order valence-electron chi connectivity index (χ4n) is 3.08. The Hall–Kier alpha value is -1.58. The molecule has 4 heteroatoms. The number of pyridine rings is 1. The zero-order valence-electron chi connectivity index (χ0n) is 10.7. The SMILES string of the molecule is CC(=O)NCCC1CCc2ncc3c(c21)CCO3. The van der Waals surface area contributed by atoms with Crippen molar-refractivity contribution in [2.45, 2.75) is 38.5 Å². The average Bonchev–Trinajstić information content (AvgIpc) is 2.93. The van der Waals surface area contributed by atoms with Crippen LogP contribution in [0, 0.1) is 0 Å². The van der Waals surface area contributed by atoms with E-state index in [-0.39, 0.29) is 5.91 Å². The van der Waals surface area contributed by atoms with Crippen molar-refractivity contribution in [1.29, 1.82) is 0 Å². The molecular formula is C14H18N2O2. The van der Waals surface area contributed by atoms with Crippen LogP contribution in [0.5, 0.6) is 5.75 Å². The van der Waals surface area contributed by atoms with Gasteiger partial charge in [-0.1, -0.05) is 0 Å². The van der Waals surface area contributed by atoms with Crippen molar-refractivity contribution in [3.05, 3.63) is 23.0 Å². The normalized spacial score (nSPS) is 20.2. The summed E-state index contributed by atoms with van der Waals surface area (Å²) < 4.78 is 5.58. The molecule has 0 aromatic carbocycles. The molecule has 1 aromatic heterocycles. The van der Waals surface area contributed by atoms with Crippen LogP contribution in [0.1, 0.15) is 42.5 Å². The van der Waals surface area contributed by atoms with E-state index in [1.807, 2.05) is 6.20 Å². The van der Waals surface area contributed by atoms with Crippen LogP contribution in [0.15, 0.2) is 6.20 Å². The summed E-state index contributed by atoms with van der Waals surface area (Å²) >= 11 is 0. The lowest BCUT2D eigenvalue weighted by Crippen LogP contribution is -2.22. The van der Waals surface area contributed by atoms with Crippen LogP contribution in [0.4, 0.5) is 0 Å². The van der Waals surface area contributed by atoms with Crippen molar-refractivity contribution in [2.24, 2.45) is 0 Å². The number of hydrogen-bond donors (Lipinski definition) is 1. The second-order valence-corrected chi connectivity index (χ2v) is 5.07. The molecule has 2 aliphatic rings. The van der Waals surface area contributed by atoms with Crippen LogP contribution < -0.4 is 10.1 Å². The Morgan fingerprint density at radius 1 is 1.56 bits per heavy atom. The molecule has 0 bridgehead atoms. The van der Waals surface area contributed by atoms with Gasteiger partial charge in [0.15, 0.2) is 0 Å². The summed E-state index contributed by atoms with van der Waals surface area (Å²) in [4.78, 5) is 15.4. The molecule has 18 heavy (non-hydrogen) atoms. The maximum atomic E-state index is 10.9. The minimum Gasteiger partial charge on any atom is -0.491 e. The van der Waals surface area contributed by atoms with Crippen LogP contribution in [-0.4, -0.2) is 24.0 Å². The minimum atomic E-state index is 0.0490. The number of fused-ring (bicyclic) bond motifs is 3. The maximum Gasteiger partial charge on any atom is 0.216 e. The van der Waals surface area contributed by atoms with Gasteiger partial charge in [0.05, 0.1) is 12.8 Å². The number of carbonyl (C=O) groups is 1. The van der Waals surface area contributed by atoms with Gasteiger partial charge in [-0.15, -0.1) is 0 Å². The molecule has 1 atom stereocenters. The van der Waals surface area contributed by atoms with Gasteiger partial charge in [-0.25, -0.2) is 0 Å². The topological polar surface area (TPSA) is 51.2 Å². The summed E-state index contributed by atoms with van der Waals surface area (Å²) in [5.74, 6) is 1.56. The first-order valence-corrected chi connectivity index (χ1v) is 6.63. The Morgan fingerprint density at radius 3 is 3.28 bits per heavy atom. The Kier molecular flexibility index (Phi) is 2.94. The fraction of sp³-hybridized carbons (Fsp3) is 0.571. The first kappa shape index (κ1) is 11.5. The molecule has 2 heterocycles. The molecule has 1 amide bonds. The average molecular weight is 246 g/mol. The van der Waals surface area contributed by atoms with E-state index in [1.165, 1.54) is 16.8 Å². The number of aryl methyl sites for hydroxylation is 1. The third-order valence-electron chi connectivity index (χ3n) is 3.89. The molecular weight excluding hydrogens is 228 g/mol. The van der Waals surface area contributed by atoms with E-state index in [0.29, 0.717) is 5.92 Å². The number of hydrogen-bond acceptors (Lipinski definition) is 3. The highest BCUT2D eigenvalue weighted by atomic mass is 16.5. The number of nitrogens with one attached hydrogen (secondary N) is 1. The van der Waals surface area contributed by atoms with E-state index < -0.39 is 0 Å². The van der Waals surface area contributed by atoms with Gasteiger partial charge in [-0.2, -0.15) is 0 Å². The number of aromatic nitrogens is 1. The molecule has 1 aliphatic heterocycles. The van der Waals surface area contributed by atoms with E-state index in [2.05, 4.69) is 10.3 Å². The van der Waals surface area contributed by atoms with Crippen LogP contribution in [-0.2, 0) is 17.6 Å². The molecule has 0 saturated carbocycles. The van der Waals surface area contributed by atoms with E-state index in [9.17, 15) is 4.79 Å². The third kappa shape index (κ3) is 1.96. The van der Waals surface area contributed by atoms with E-state index >= 15 is 0 Å². The zero-order valence-corrected chi connectivity index (χ0v) is 10.7. The van der Waals surface area contributed by atoms with Gasteiger partial charge in [0.2, 0.25) is 5.91 Å². The van der Waals surface area contributed by atoms with Crippen molar-refractivity contribution < 1.29 is 9.53 Å². The van der Waals surface area contributed by atoms with Gasteiger partial charge in [0.25, 0.3) is 0 Å². The van der Waals surface area contributed by atoms with Crippen molar-refractivity contribution >= 4 is 5.91 Å². The molecule has 0 radical (unpaired) electrons. The molecule has 0 spiro atoms. The lowest BCUT2D eigenvalue weighted by molar-refractivity contribution is -0.118. The quantitative estimate of drug-likeness (QED) is 0.880. The standard InChI is InChI=1S/C14H18N2O2/c1-9(17)15-6-4-10-2-3-12-14(10)11-5-7-18-13(11)8-16-12/h8,10H,2-7H2,1H3,(H,15,17). The van der Waals surface area contributed by atoms with Crippen LogP contribution in [0.25, 0.3) is 0 Å². The van der Waals surface area contributed by atoms with Crippen molar-refractivity contribution in [3.8, 4) is 5.75 Å². The number of rotatable bonds is 3. The molecule has 0 fully saturated rings. The highest BCUT2D eigenvalue weighted by molar-refractivity contribution is 5.72. The van der Waals surface area contributed by atoms with E-state index in [4.69, 9.17) is 4.74 Å². The summed E-state index contributed by atoms with van der Waals surface area (Å²) in [5, 5.41) is 2.88. The van der Waals surface area contributed by atoms with Crippen LogP contribution in [0.3, 0.4) is 0 Å². The second kappa shape index (κ2) is 4.59. The highest BCUT2D eigenvalue weighted by Crippen LogP contribution is 2.41. The number of carbonyl (C=O) groups excluding carboxylic acids is 1. The molecule has 96 valence electrons. The Morgan fingerprint density at radius 2 is 2.44 bits per heavy atom. The number of amides is 1. The summed E-state index contributed by atoms with van der Waals surface area (Å²) in [6.45, 7) is 3.10. The molecule has 1 aliphatic carbocycles. The van der Waals surface area contributed by atoms with Gasteiger partial charge in [0, 0.05) is 31.1 Å². The minimum absolute atomic E-state index is 0.0490. The lowest BCUT2D eigenvalue weighted by Gasteiger charge is -2.14. The zero-order chi connectivity index (χ0) is 12.5. The highest BCUT2D eigenvalue weighted by Gasteiger charge is 2.30. The fourth-order valence-corrected chi connectivity index (χ4v) is 3.08. The Balaban J connectivity index is 1.78. The largest absolute Gasteiger partial charge is 0.491 e. The van der Waals surface area contributed by atoms with Crippen LogP contribution in [0.2, 0.25) is 0 Å². The molecule has 3 rings (SSSR count). The summed E-state index contributed by atoms with van der Waals surface area (Å²) in [5.41, 5.74) is 4.02. The van der Waals surface area contributed by atoms with E-state index in [1.54, 1.807) is 6.92 Å². The van der Waals surface area contributed by atoms with Gasteiger partial charge in [-0.3, -0.25) is 9.78 Å². The van der Waals surface area contributed by atoms with Crippen LogP contribution >= 0.6 is 0 Å². The van der Waals surface area contributed by atoms with Gasteiger partial charge >= 0.3 is 0 Å². The predicted octanol–water partition coefficient (Wildman–Crippen LogP) is 1.57. The van der Waals surface area contributed by atoms with Gasteiger partial charge < -0.3 is 10.1 Å². The van der Waals surface area contributed by atoms with Gasteiger partial charge in [0.1, 0.15) is 5.75 Å². The smallest absolute Gasteiger partial charge is 0.216 e. The molecule has 1 N–H and O–H groups in total. The van der Waals surface area contributed by atoms with Crippen molar-refractivity contribution in [3.63, 3.8) is 0 Å². The number of ether oxygens (including phenoxy) is 1. The number of nitrogens with zero attached hydrogens (tertiary/aromatic N) is 1. The monoisotopic (exact) mass is 246 g/mol. The van der Waals surface area contributed by atoms with Gasteiger partial charge in [-0.05, 0) is 30.7 Å². The first-order valence-electron chi connectivity index (χ1n) is 6.63. The Labute approximate surface area is 107 Å². The Bertz CT molecular complexity index is 485. The molecule has 1 aromatic rings. The van der Waals surface area contributed by atoms with Crippen molar-refractivity contribution in [2.75, 3.05) is 13.2 Å². The summed E-state index contributed by atoms with van der Waals surface area (Å²) in [6, 6.07) is 0. The second-order valence-electron chi connectivity index (χ2n) is 5.07. The molecule has 4 nitrogen and oxygen atoms in total.